The van der Waals surface area contributed by atoms with Crippen molar-refractivity contribution in [3.05, 3.63) is 29.3 Å². The van der Waals surface area contributed by atoms with Crippen LogP contribution in [-0.2, 0) is 12.8 Å². The van der Waals surface area contributed by atoms with E-state index in [0.717, 1.165) is 18.5 Å². The minimum absolute atomic E-state index is 0.253. The fourth-order valence-corrected chi connectivity index (χ4v) is 1.58. The highest BCUT2D eigenvalue weighted by atomic mass is 32.1. The number of rotatable bonds is 4. The Hall–Kier alpha value is -1.29. The number of hydrogen-bond donors (Lipinski definition) is 3. The van der Waals surface area contributed by atoms with E-state index in [1.165, 1.54) is 11.1 Å². The largest absolute Gasteiger partial charge is 0.375 e. The molecule has 0 unspecified atom stereocenters. The summed E-state index contributed by atoms with van der Waals surface area (Å²) in [5, 5.41) is 0.253. The van der Waals surface area contributed by atoms with E-state index in [-0.39, 0.29) is 5.11 Å². The Balaban J connectivity index is 2.94. The number of anilines is 1. The van der Waals surface area contributed by atoms with Gasteiger partial charge in [-0.3, -0.25) is 10.9 Å². The van der Waals surface area contributed by atoms with Crippen LogP contribution in [0, 0.1) is 0 Å². The van der Waals surface area contributed by atoms with Gasteiger partial charge in [0.2, 0.25) is 0 Å². The molecule has 0 atom stereocenters. The first-order valence-corrected chi connectivity index (χ1v) is 5.52. The molecular formula is C11H17N3S. The van der Waals surface area contributed by atoms with Crippen LogP contribution in [0.5, 0.6) is 0 Å². The second-order valence-corrected chi connectivity index (χ2v) is 3.71. The lowest BCUT2D eigenvalue weighted by atomic mass is 10.0. The highest BCUT2D eigenvalue weighted by Gasteiger charge is 2.04. The SMILES string of the molecule is CCc1cccc(CC)c1NNC(N)=S. The van der Waals surface area contributed by atoms with Gasteiger partial charge in [-0.05, 0) is 36.2 Å². The molecule has 0 saturated carbocycles. The van der Waals surface area contributed by atoms with Crippen molar-refractivity contribution in [2.45, 2.75) is 26.7 Å². The predicted molar refractivity (Wildman–Crippen MR) is 68.7 cm³/mol. The van der Waals surface area contributed by atoms with E-state index in [0.29, 0.717) is 0 Å². The first kappa shape index (κ1) is 11.8. The zero-order valence-electron chi connectivity index (χ0n) is 9.13. The summed E-state index contributed by atoms with van der Waals surface area (Å²) in [7, 11) is 0. The Morgan fingerprint density at radius 1 is 1.27 bits per heavy atom. The maximum Gasteiger partial charge on any atom is 0.182 e. The average molecular weight is 223 g/mol. The van der Waals surface area contributed by atoms with Gasteiger partial charge in [0, 0.05) is 0 Å². The van der Waals surface area contributed by atoms with Crippen LogP contribution < -0.4 is 16.6 Å². The molecule has 0 saturated heterocycles. The first-order valence-electron chi connectivity index (χ1n) is 5.11. The molecule has 0 spiro atoms. The van der Waals surface area contributed by atoms with Crippen molar-refractivity contribution in [1.82, 2.24) is 5.43 Å². The Morgan fingerprint density at radius 2 is 1.80 bits per heavy atom. The molecule has 1 rings (SSSR count). The van der Waals surface area contributed by atoms with Crippen LogP contribution in [0.25, 0.3) is 0 Å². The molecular weight excluding hydrogens is 206 g/mol. The summed E-state index contributed by atoms with van der Waals surface area (Å²) in [6.45, 7) is 4.25. The summed E-state index contributed by atoms with van der Waals surface area (Å²) in [6.07, 6.45) is 1.96. The third-order valence-corrected chi connectivity index (χ3v) is 2.41. The van der Waals surface area contributed by atoms with Gasteiger partial charge in [-0.25, -0.2) is 0 Å². The van der Waals surface area contributed by atoms with Crippen LogP contribution in [0.2, 0.25) is 0 Å². The Morgan fingerprint density at radius 3 is 2.20 bits per heavy atom. The van der Waals surface area contributed by atoms with Crippen LogP contribution >= 0.6 is 12.2 Å². The van der Waals surface area contributed by atoms with Crippen LogP contribution in [-0.4, -0.2) is 5.11 Å². The van der Waals surface area contributed by atoms with Crippen LogP contribution in [0.15, 0.2) is 18.2 Å². The predicted octanol–water partition coefficient (Wildman–Crippen LogP) is 1.97. The van der Waals surface area contributed by atoms with Crippen LogP contribution in [0.1, 0.15) is 25.0 Å². The van der Waals surface area contributed by atoms with Crippen molar-refractivity contribution in [3.8, 4) is 0 Å². The third-order valence-electron chi connectivity index (χ3n) is 2.31. The third kappa shape index (κ3) is 3.09. The van der Waals surface area contributed by atoms with Gasteiger partial charge in [0.25, 0.3) is 0 Å². The highest BCUT2D eigenvalue weighted by Crippen LogP contribution is 2.21. The molecule has 0 aromatic heterocycles. The lowest BCUT2D eigenvalue weighted by molar-refractivity contribution is 1.04. The quantitative estimate of drug-likeness (QED) is 0.539. The van der Waals surface area contributed by atoms with E-state index in [2.05, 4.69) is 42.9 Å². The number of hydrogen-bond acceptors (Lipinski definition) is 2. The van der Waals surface area contributed by atoms with E-state index >= 15 is 0 Å². The second kappa shape index (κ2) is 5.56. The molecule has 4 N–H and O–H groups in total. The van der Waals surface area contributed by atoms with Gasteiger partial charge in [-0.15, -0.1) is 0 Å². The first-order chi connectivity index (χ1) is 7.19. The fourth-order valence-electron chi connectivity index (χ4n) is 1.53. The molecule has 0 radical (unpaired) electrons. The van der Waals surface area contributed by atoms with E-state index in [9.17, 15) is 0 Å². The van der Waals surface area contributed by atoms with E-state index in [1.54, 1.807) is 0 Å². The number of aryl methyl sites for hydroxylation is 2. The molecule has 0 amide bonds. The Labute approximate surface area is 96.0 Å². The van der Waals surface area contributed by atoms with Gasteiger partial charge in [0.15, 0.2) is 5.11 Å². The van der Waals surface area contributed by atoms with E-state index in [4.69, 9.17) is 18.0 Å². The monoisotopic (exact) mass is 223 g/mol. The van der Waals surface area contributed by atoms with Crippen molar-refractivity contribution in [2.24, 2.45) is 5.73 Å². The van der Waals surface area contributed by atoms with Crippen molar-refractivity contribution >= 4 is 23.0 Å². The second-order valence-electron chi connectivity index (χ2n) is 3.27. The standard InChI is InChI=1S/C11H17N3S/c1-3-8-6-5-7-9(4-2)10(8)13-14-11(12)15/h5-7,13H,3-4H2,1-2H3,(H3,12,14,15). The average Bonchev–Trinajstić information content (AvgIpc) is 2.25. The van der Waals surface area contributed by atoms with E-state index in [1.807, 2.05) is 0 Å². The number of nitrogens with two attached hydrogens (primary N) is 1. The molecule has 1 aromatic carbocycles. The lowest BCUT2D eigenvalue weighted by Gasteiger charge is -2.15. The zero-order chi connectivity index (χ0) is 11.3. The molecule has 0 heterocycles. The van der Waals surface area contributed by atoms with Crippen molar-refractivity contribution in [1.29, 1.82) is 0 Å². The maximum absolute atomic E-state index is 5.38. The summed E-state index contributed by atoms with van der Waals surface area (Å²) < 4.78 is 0. The number of para-hydroxylation sites is 1. The summed E-state index contributed by atoms with van der Waals surface area (Å²) in [5.41, 5.74) is 14.8. The molecule has 0 aliphatic heterocycles. The van der Waals surface area contributed by atoms with Gasteiger partial charge >= 0.3 is 0 Å². The van der Waals surface area contributed by atoms with Crippen molar-refractivity contribution in [3.63, 3.8) is 0 Å². The van der Waals surface area contributed by atoms with Crippen molar-refractivity contribution < 1.29 is 0 Å². The Kier molecular flexibility index (Phi) is 4.37. The number of thiocarbonyl (C=S) groups is 1. The maximum atomic E-state index is 5.38. The lowest BCUT2D eigenvalue weighted by Crippen LogP contribution is -2.34. The van der Waals surface area contributed by atoms with E-state index < -0.39 is 0 Å². The fraction of sp³-hybridized carbons (Fsp3) is 0.364. The molecule has 3 nitrogen and oxygen atoms in total. The molecule has 0 fully saturated rings. The summed E-state index contributed by atoms with van der Waals surface area (Å²) >= 11 is 4.76. The van der Waals surface area contributed by atoms with Crippen molar-refractivity contribution in [2.75, 3.05) is 5.43 Å². The zero-order valence-corrected chi connectivity index (χ0v) is 9.95. The highest BCUT2D eigenvalue weighted by molar-refractivity contribution is 7.80. The summed E-state index contributed by atoms with van der Waals surface area (Å²) in [5.74, 6) is 0. The molecule has 0 aliphatic rings. The topological polar surface area (TPSA) is 50.1 Å². The number of benzene rings is 1. The van der Waals surface area contributed by atoms with Gasteiger partial charge in [-0.2, -0.15) is 0 Å². The van der Waals surface area contributed by atoms with Gasteiger partial charge in [0.05, 0.1) is 5.69 Å². The Bertz CT molecular complexity index is 327. The molecule has 4 heteroatoms. The van der Waals surface area contributed by atoms with Crippen LogP contribution in [0.4, 0.5) is 5.69 Å². The molecule has 0 aliphatic carbocycles. The molecule has 0 bridgehead atoms. The minimum Gasteiger partial charge on any atom is -0.375 e. The van der Waals surface area contributed by atoms with Gasteiger partial charge in [0.1, 0.15) is 0 Å². The molecule has 15 heavy (non-hydrogen) atoms. The normalized spacial score (nSPS) is 9.73. The smallest absolute Gasteiger partial charge is 0.182 e. The summed E-state index contributed by atoms with van der Waals surface area (Å²) in [6, 6.07) is 6.27. The van der Waals surface area contributed by atoms with Crippen LogP contribution in [0.3, 0.4) is 0 Å². The number of hydrazine groups is 1. The molecule has 82 valence electrons. The summed E-state index contributed by atoms with van der Waals surface area (Å²) in [4.78, 5) is 0. The minimum atomic E-state index is 0.253. The van der Waals surface area contributed by atoms with Gasteiger partial charge < -0.3 is 5.73 Å². The van der Waals surface area contributed by atoms with Gasteiger partial charge in [-0.1, -0.05) is 32.0 Å². The number of nitrogens with one attached hydrogen (secondary N) is 2. The molecule has 1 aromatic rings.